The summed E-state index contributed by atoms with van der Waals surface area (Å²) in [6.45, 7) is 0.578. The highest BCUT2D eigenvalue weighted by Gasteiger charge is 2.23. The van der Waals surface area contributed by atoms with E-state index in [0.717, 1.165) is 44.6 Å². The summed E-state index contributed by atoms with van der Waals surface area (Å²) in [4.78, 5) is 11.7. The van der Waals surface area contributed by atoms with Crippen LogP contribution in [0.5, 0.6) is 0 Å². The average Bonchev–Trinajstić information content (AvgIpc) is 3.15. The number of ether oxygens (including phenoxy) is 1. The quantitative estimate of drug-likeness (QED) is 0.0900. The Hall–Kier alpha value is 0.257. The molecule has 0 aliphatic heterocycles. The minimum atomic E-state index is -2.41. The Kier molecular flexibility index (Phi) is 16.0. The molecular weight excluding hydrogens is 451 g/mol. The van der Waals surface area contributed by atoms with Crippen LogP contribution in [0.1, 0.15) is 89.0 Å². The smallest absolute Gasteiger partial charge is 0.341 e. The van der Waals surface area contributed by atoms with Crippen molar-refractivity contribution in [2.45, 2.75) is 95.9 Å². The maximum atomic E-state index is 11.7. The summed E-state index contributed by atoms with van der Waals surface area (Å²) < 4.78 is 5.33. The van der Waals surface area contributed by atoms with Crippen molar-refractivity contribution in [3.8, 4) is 0 Å². The highest BCUT2D eigenvalue weighted by atomic mass is 35.8. The molecule has 0 aliphatic rings. The maximum absolute atomic E-state index is 11.7. The zero-order valence-electron chi connectivity index (χ0n) is 16.9. The van der Waals surface area contributed by atoms with E-state index in [1.54, 1.807) is 11.3 Å². The van der Waals surface area contributed by atoms with Crippen LogP contribution in [0.4, 0.5) is 0 Å². The van der Waals surface area contributed by atoms with E-state index in [0.29, 0.717) is 13.0 Å². The summed E-state index contributed by atoms with van der Waals surface area (Å²) in [6.07, 6.45) is 15.4. The Morgan fingerprint density at radius 2 is 1.46 bits per heavy atom. The second-order valence-corrected chi connectivity index (χ2v) is 17.5. The second-order valence-electron chi connectivity index (χ2n) is 7.46. The number of halogens is 3. The molecule has 0 aliphatic carbocycles. The third-order valence-electron chi connectivity index (χ3n) is 4.79. The first-order valence-corrected chi connectivity index (χ1v) is 16.9. The number of unbranched alkanes of at least 4 members (excludes halogenated alkanes) is 10. The molecule has 162 valence electrons. The number of rotatable bonds is 18. The molecule has 0 radical (unpaired) electrons. The molecule has 0 saturated heterocycles. The SMILES string of the molecule is O=C(CCCCCCCCCC[Si](Cl)(Cl)Cl)OCCCCCCc1ccsc1. The Bertz CT molecular complexity index is 492. The van der Waals surface area contributed by atoms with E-state index in [4.69, 9.17) is 38.0 Å². The molecule has 1 aromatic heterocycles. The van der Waals surface area contributed by atoms with Gasteiger partial charge >= 0.3 is 12.0 Å². The fourth-order valence-corrected chi connectivity index (χ4v) is 5.69. The number of hydrogen-bond donors (Lipinski definition) is 0. The van der Waals surface area contributed by atoms with Crippen LogP contribution in [-0.2, 0) is 16.0 Å². The molecule has 0 saturated carbocycles. The number of thiophene rings is 1. The van der Waals surface area contributed by atoms with Gasteiger partial charge in [0, 0.05) is 6.42 Å². The van der Waals surface area contributed by atoms with Crippen LogP contribution in [-0.4, -0.2) is 18.6 Å². The minimum Gasteiger partial charge on any atom is -0.466 e. The summed E-state index contributed by atoms with van der Waals surface area (Å²) in [6, 6.07) is 0.560. The van der Waals surface area contributed by atoms with Crippen molar-refractivity contribution in [3.63, 3.8) is 0 Å². The number of esters is 1. The fourth-order valence-electron chi connectivity index (χ4n) is 3.13. The predicted molar refractivity (Wildman–Crippen MR) is 127 cm³/mol. The number of hydrogen-bond acceptors (Lipinski definition) is 3. The lowest BCUT2D eigenvalue weighted by Crippen LogP contribution is -2.07. The molecular formula is C21H35Cl3O2SSi. The van der Waals surface area contributed by atoms with Crippen molar-refractivity contribution < 1.29 is 9.53 Å². The van der Waals surface area contributed by atoms with Gasteiger partial charge in [-0.2, -0.15) is 11.3 Å². The van der Waals surface area contributed by atoms with Gasteiger partial charge in [0.15, 0.2) is 0 Å². The van der Waals surface area contributed by atoms with Gasteiger partial charge in [-0.15, -0.1) is 33.2 Å². The van der Waals surface area contributed by atoms with E-state index in [1.165, 1.54) is 50.5 Å². The monoisotopic (exact) mass is 484 g/mol. The standard InChI is InChI=1S/C21H35Cl3O2SSi/c22-28(23,24)18-12-8-4-2-1-3-5-10-14-21(25)26-16-11-7-6-9-13-20-15-17-27-19-20/h15,17,19H,1-14,16,18H2. The van der Waals surface area contributed by atoms with Gasteiger partial charge in [-0.3, -0.25) is 4.79 Å². The van der Waals surface area contributed by atoms with E-state index in [9.17, 15) is 4.79 Å². The lowest BCUT2D eigenvalue weighted by atomic mass is 10.1. The van der Waals surface area contributed by atoms with Crippen molar-refractivity contribution in [2.24, 2.45) is 0 Å². The van der Waals surface area contributed by atoms with Gasteiger partial charge in [-0.1, -0.05) is 57.8 Å². The lowest BCUT2D eigenvalue weighted by molar-refractivity contribution is -0.143. The summed E-state index contributed by atoms with van der Waals surface area (Å²) in [7, 11) is 0. The molecule has 28 heavy (non-hydrogen) atoms. The average molecular weight is 486 g/mol. The van der Waals surface area contributed by atoms with E-state index >= 15 is 0 Å². The van der Waals surface area contributed by atoms with Crippen LogP contribution in [0.25, 0.3) is 0 Å². The molecule has 2 nitrogen and oxygen atoms in total. The summed E-state index contributed by atoms with van der Waals surface area (Å²) in [5.41, 5.74) is 1.44. The van der Waals surface area contributed by atoms with Crippen LogP contribution in [0.3, 0.4) is 0 Å². The molecule has 0 bridgehead atoms. The molecule has 0 spiro atoms. The molecule has 1 aromatic rings. The molecule has 1 rings (SSSR count). The highest BCUT2D eigenvalue weighted by Crippen LogP contribution is 2.27. The predicted octanol–water partition coefficient (Wildman–Crippen LogP) is 8.56. The largest absolute Gasteiger partial charge is 0.466 e. The molecule has 0 N–H and O–H groups in total. The Balaban J connectivity index is 1.77. The van der Waals surface area contributed by atoms with Gasteiger partial charge in [0.1, 0.15) is 0 Å². The lowest BCUT2D eigenvalue weighted by Gasteiger charge is -2.07. The first-order valence-electron chi connectivity index (χ1n) is 10.7. The van der Waals surface area contributed by atoms with Gasteiger partial charge < -0.3 is 4.74 Å². The van der Waals surface area contributed by atoms with Crippen LogP contribution in [0.2, 0.25) is 6.04 Å². The third kappa shape index (κ3) is 17.1. The molecule has 0 fully saturated rings. The third-order valence-corrected chi connectivity index (χ3v) is 8.15. The van der Waals surface area contributed by atoms with E-state index in [1.807, 2.05) is 0 Å². The molecule has 1 heterocycles. The van der Waals surface area contributed by atoms with E-state index < -0.39 is 6.00 Å². The van der Waals surface area contributed by atoms with Crippen molar-refractivity contribution >= 4 is 56.5 Å². The van der Waals surface area contributed by atoms with Crippen LogP contribution >= 0.6 is 44.6 Å². The summed E-state index contributed by atoms with van der Waals surface area (Å²) in [5, 5.41) is 4.35. The second kappa shape index (κ2) is 17.0. The van der Waals surface area contributed by atoms with E-state index in [-0.39, 0.29) is 5.97 Å². The Labute approximate surface area is 190 Å². The van der Waals surface area contributed by atoms with E-state index in [2.05, 4.69) is 16.8 Å². The van der Waals surface area contributed by atoms with Crippen LogP contribution in [0.15, 0.2) is 16.8 Å². The zero-order valence-corrected chi connectivity index (χ0v) is 21.0. The highest BCUT2D eigenvalue weighted by molar-refractivity contribution is 7.64. The number of carbonyl (C=O) groups is 1. The first-order chi connectivity index (χ1) is 13.5. The minimum absolute atomic E-state index is 0.0332. The number of carbonyl (C=O) groups excluding carboxylic acids is 1. The Morgan fingerprint density at radius 1 is 0.857 bits per heavy atom. The molecule has 0 aromatic carbocycles. The Morgan fingerprint density at radius 3 is 2.11 bits per heavy atom. The molecule has 0 unspecified atom stereocenters. The molecule has 0 amide bonds. The van der Waals surface area contributed by atoms with Crippen molar-refractivity contribution in [3.05, 3.63) is 22.4 Å². The van der Waals surface area contributed by atoms with Gasteiger partial charge in [-0.25, -0.2) is 0 Å². The van der Waals surface area contributed by atoms with Gasteiger partial charge in [-0.05, 0) is 54.1 Å². The maximum Gasteiger partial charge on any atom is 0.341 e. The summed E-state index contributed by atoms with van der Waals surface area (Å²) >= 11 is 19.4. The normalized spacial score (nSPS) is 11.7. The van der Waals surface area contributed by atoms with Crippen molar-refractivity contribution in [1.82, 2.24) is 0 Å². The zero-order chi connectivity index (χ0) is 20.5. The van der Waals surface area contributed by atoms with Crippen LogP contribution < -0.4 is 0 Å². The van der Waals surface area contributed by atoms with Gasteiger partial charge in [0.05, 0.1) is 6.61 Å². The molecule has 7 heteroatoms. The first kappa shape index (κ1) is 26.3. The molecule has 0 atom stereocenters. The fraction of sp³-hybridized carbons (Fsp3) is 0.762. The van der Waals surface area contributed by atoms with Crippen molar-refractivity contribution in [2.75, 3.05) is 6.61 Å². The topological polar surface area (TPSA) is 26.3 Å². The van der Waals surface area contributed by atoms with Gasteiger partial charge in [0.2, 0.25) is 0 Å². The van der Waals surface area contributed by atoms with Gasteiger partial charge in [0.25, 0.3) is 0 Å². The van der Waals surface area contributed by atoms with Crippen molar-refractivity contribution in [1.29, 1.82) is 0 Å². The van der Waals surface area contributed by atoms with Crippen LogP contribution in [0, 0.1) is 0 Å². The summed E-state index contributed by atoms with van der Waals surface area (Å²) in [5.74, 6) is -0.0332. The number of aryl methyl sites for hydroxylation is 1.